The van der Waals surface area contributed by atoms with Crippen LogP contribution in [0.25, 0.3) is 0 Å². The van der Waals surface area contributed by atoms with Crippen LogP contribution >= 0.6 is 0 Å². The molecule has 27 heavy (non-hydrogen) atoms. The van der Waals surface area contributed by atoms with Gasteiger partial charge in [-0.15, -0.1) is 0 Å². The van der Waals surface area contributed by atoms with Gasteiger partial charge >= 0.3 is 6.09 Å². The fourth-order valence-corrected chi connectivity index (χ4v) is 3.21. The number of rotatable bonds is 5. The Morgan fingerprint density at radius 2 is 2.30 bits per heavy atom. The van der Waals surface area contributed by atoms with Gasteiger partial charge in [0.05, 0.1) is 18.6 Å². The third-order valence-electron chi connectivity index (χ3n) is 4.71. The van der Waals surface area contributed by atoms with Crippen LogP contribution in [0.1, 0.15) is 16.8 Å². The van der Waals surface area contributed by atoms with E-state index in [0.717, 1.165) is 42.1 Å². The Labute approximate surface area is 157 Å². The summed E-state index contributed by atoms with van der Waals surface area (Å²) >= 11 is 0. The van der Waals surface area contributed by atoms with E-state index in [-0.39, 0.29) is 6.61 Å². The van der Waals surface area contributed by atoms with Crippen LogP contribution in [0.3, 0.4) is 0 Å². The lowest BCUT2D eigenvalue weighted by Gasteiger charge is -2.22. The molecule has 0 spiro atoms. The molecule has 1 N–H and O–H groups in total. The van der Waals surface area contributed by atoms with Crippen molar-refractivity contribution in [2.75, 3.05) is 23.4 Å². The molecular formula is C20H21N5O2. The second-order valence-corrected chi connectivity index (χ2v) is 6.52. The Morgan fingerprint density at radius 1 is 1.37 bits per heavy atom. The van der Waals surface area contributed by atoms with E-state index in [9.17, 15) is 4.79 Å². The molecule has 4 rings (SSSR count). The van der Waals surface area contributed by atoms with Gasteiger partial charge in [0.1, 0.15) is 6.61 Å². The number of imidazole rings is 1. The summed E-state index contributed by atoms with van der Waals surface area (Å²) in [5, 5.41) is 0. The lowest BCUT2D eigenvalue weighted by atomic mass is 10.1. The smallest absolute Gasteiger partial charge is 0.414 e. The highest BCUT2D eigenvalue weighted by Crippen LogP contribution is 2.33. The number of hydrogen-bond donors (Lipinski definition) is 1. The number of anilines is 2. The highest BCUT2D eigenvalue weighted by Gasteiger charge is 2.22. The highest BCUT2D eigenvalue weighted by atomic mass is 16.6. The first kappa shape index (κ1) is 17.1. The molecular weight excluding hydrogens is 342 g/mol. The Hall–Kier alpha value is -3.35. The number of amides is 1. The summed E-state index contributed by atoms with van der Waals surface area (Å²) in [6.07, 6.45) is 7.58. The summed E-state index contributed by atoms with van der Waals surface area (Å²) in [5.74, 6) is 0. The predicted molar refractivity (Wildman–Crippen MR) is 103 cm³/mol. The molecule has 7 nitrogen and oxygen atoms in total. The normalized spacial score (nSPS) is 12.7. The molecule has 3 aromatic rings. The fourth-order valence-electron chi connectivity index (χ4n) is 3.21. The number of ether oxygens (including phenoxy) is 1. The Bertz CT molecular complexity index is 911. The van der Waals surface area contributed by atoms with Crippen LogP contribution in [0.5, 0.6) is 0 Å². The molecule has 0 radical (unpaired) electrons. The number of hydrogen-bond acceptors (Lipinski definition) is 5. The molecule has 0 bridgehead atoms. The van der Waals surface area contributed by atoms with Gasteiger partial charge in [-0.1, -0.05) is 12.1 Å². The van der Waals surface area contributed by atoms with Crippen LogP contribution in [0.4, 0.5) is 16.2 Å². The van der Waals surface area contributed by atoms with Gasteiger partial charge in [0.2, 0.25) is 0 Å². The molecule has 0 atom stereocenters. The van der Waals surface area contributed by atoms with E-state index in [0.29, 0.717) is 0 Å². The first-order valence-electron chi connectivity index (χ1n) is 8.85. The van der Waals surface area contributed by atoms with Gasteiger partial charge < -0.3 is 14.6 Å². The molecule has 7 heteroatoms. The first-order chi connectivity index (χ1) is 13.2. The van der Waals surface area contributed by atoms with Crippen LogP contribution in [0.2, 0.25) is 0 Å². The van der Waals surface area contributed by atoms with Crippen LogP contribution in [-0.2, 0) is 24.3 Å². The largest absolute Gasteiger partial charge is 0.444 e. The number of nitrogens with zero attached hydrogens (tertiary/aromatic N) is 4. The number of H-pyrrole nitrogens is 1. The number of benzene rings is 1. The van der Waals surface area contributed by atoms with E-state index < -0.39 is 6.09 Å². The zero-order valence-electron chi connectivity index (χ0n) is 15.1. The molecule has 0 fully saturated rings. The minimum absolute atomic E-state index is 0.202. The van der Waals surface area contributed by atoms with Crippen molar-refractivity contribution >= 4 is 17.5 Å². The minimum atomic E-state index is -0.393. The van der Waals surface area contributed by atoms with Crippen molar-refractivity contribution < 1.29 is 9.53 Å². The molecule has 1 aliphatic heterocycles. The second kappa shape index (κ2) is 7.49. The van der Waals surface area contributed by atoms with Gasteiger partial charge in [-0.2, -0.15) is 0 Å². The maximum absolute atomic E-state index is 12.4. The molecule has 1 aromatic carbocycles. The van der Waals surface area contributed by atoms with Crippen molar-refractivity contribution in [3.63, 3.8) is 0 Å². The maximum Gasteiger partial charge on any atom is 0.414 e. The topological polar surface area (TPSA) is 74.4 Å². The lowest BCUT2D eigenvalue weighted by molar-refractivity contribution is 0.148. The van der Waals surface area contributed by atoms with Gasteiger partial charge in [-0.25, -0.2) is 9.78 Å². The van der Waals surface area contributed by atoms with Crippen LogP contribution in [0.15, 0.2) is 55.2 Å². The Kier molecular flexibility index (Phi) is 4.74. The predicted octanol–water partition coefficient (Wildman–Crippen LogP) is 3.14. The molecule has 0 unspecified atom stereocenters. The minimum Gasteiger partial charge on any atom is -0.444 e. The van der Waals surface area contributed by atoms with Gasteiger partial charge in [0.15, 0.2) is 0 Å². The van der Waals surface area contributed by atoms with Crippen LogP contribution < -0.4 is 9.80 Å². The summed E-state index contributed by atoms with van der Waals surface area (Å²) in [4.78, 5) is 27.5. The third-order valence-corrected chi connectivity index (χ3v) is 4.71. The number of fused-ring (bicyclic) bond motifs is 1. The summed E-state index contributed by atoms with van der Waals surface area (Å²) in [6.45, 7) is 1.89. The number of aromatic amines is 1. The van der Waals surface area contributed by atoms with E-state index in [1.807, 2.05) is 30.5 Å². The number of carbonyl (C=O) groups is 1. The molecule has 0 aliphatic carbocycles. The van der Waals surface area contributed by atoms with Crippen molar-refractivity contribution in [1.82, 2.24) is 15.0 Å². The number of carbonyl (C=O) groups excluding carboxylic acids is 1. The molecule has 1 amide bonds. The van der Waals surface area contributed by atoms with Gasteiger partial charge in [-0.05, 0) is 30.2 Å². The van der Waals surface area contributed by atoms with E-state index >= 15 is 0 Å². The number of aromatic nitrogens is 3. The van der Waals surface area contributed by atoms with Gasteiger partial charge in [-0.3, -0.25) is 9.88 Å². The third kappa shape index (κ3) is 3.76. The van der Waals surface area contributed by atoms with Crippen molar-refractivity contribution in [3.8, 4) is 0 Å². The van der Waals surface area contributed by atoms with Crippen molar-refractivity contribution in [1.29, 1.82) is 0 Å². The molecule has 0 saturated heterocycles. The highest BCUT2D eigenvalue weighted by molar-refractivity contribution is 5.88. The standard InChI is InChI=1S/C20H21N5O2/c1-24(20(26)27-13-15-3-2-7-21-10-15)18-5-4-16-6-8-25(19(16)9-18)12-17-11-22-14-23-17/h2-5,7,9-11,14H,6,8,12-13H2,1H3,(H,22,23). The van der Waals surface area contributed by atoms with Crippen LogP contribution in [0, 0.1) is 0 Å². The monoisotopic (exact) mass is 363 g/mol. The lowest BCUT2D eigenvalue weighted by Crippen LogP contribution is -2.27. The van der Waals surface area contributed by atoms with E-state index in [2.05, 4.69) is 25.9 Å². The van der Waals surface area contributed by atoms with Crippen molar-refractivity contribution in [2.24, 2.45) is 0 Å². The zero-order chi connectivity index (χ0) is 18.6. The summed E-state index contributed by atoms with van der Waals surface area (Å²) in [5.41, 5.74) is 5.09. The van der Waals surface area contributed by atoms with E-state index in [1.54, 1.807) is 25.8 Å². The average molecular weight is 363 g/mol. The average Bonchev–Trinajstić information content (AvgIpc) is 3.36. The first-order valence-corrected chi connectivity index (χ1v) is 8.85. The number of pyridine rings is 1. The van der Waals surface area contributed by atoms with Crippen molar-refractivity contribution in [2.45, 2.75) is 19.6 Å². The SMILES string of the molecule is CN(C(=O)OCc1cccnc1)c1ccc2c(c1)N(Cc1c[nH]cn1)CC2. The van der Waals surface area contributed by atoms with Crippen molar-refractivity contribution in [3.05, 3.63) is 72.1 Å². The molecule has 2 aromatic heterocycles. The Balaban J connectivity index is 1.45. The van der Waals surface area contributed by atoms with Gasteiger partial charge in [0.25, 0.3) is 0 Å². The van der Waals surface area contributed by atoms with E-state index in [4.69, 9.17) is 4.74 Å². The Morgan fingerprint density at radius 3 is 3.07 bits per heavy atom. The molecule has 1 aliphatic rings. The molecule has 138 valence electrons. The second-order valence-electron chi connectivity index (χ2n) is 6.52. The zero-order valence-corrected chi connectivity index (χ0v) is 15.1. The van der Waals surface area contributed by atoms with Gasteiger partial charge in [0, 0.05) is 49.1 Å². The number of nitrogens with one attached hydrogen (secondary N) is 1. The van der Waals surface area contributed by atoms with Crippen LogP contribution in [-0.4, -0.2) is 34.6 Å². The molecule has 3 heterocycles. The summed E-state index contributed by atoms with van der Waals surface area (Å²) in [7, 11) is 1.72. The quantitative estimate of drug-likeness (QED) is 0.754. The van der Waals surface area contributed by atoms with E-state index in [1.165, 1.54) is 10.5 Å². The fraction of sp³-hybridized carbons (Fsp3) is 0.250. The summed E-state index contributed by atoms with van der Waals surface area (Å²) in [6, 6.07) is 9.78. The summed E-state index contributed by atoms with van der Waals surface area (Å²) < 4.78 is 5.39. The maximum atomic E-state index is 12.4. The molecule has 0 saturated carbocycles.